The first kappa shape index (κ1) is 10.5. The summed E-state index contributed by atoms with van der Waals surface area (Å²) >= 11 is 0. The molecule has 0 amide bonds. The van der Waals surface area contributed by atoms with E-state index in [4.69, 9.17) is 0 Å². The van der Waals surface area contributed by atoms with E-state index in [0.29, 0.717) is 5.69 Å². The van der Waals surface area contributed by atoms with Gasteiger partial charge in [-0.25, -0.2) is 4.68 Å². The number of benzene rings is 1. The number of aryl methyl sites for hydroxylation is 3. The van der Waals surface area contributed by atoms with Crippen LogP contribution in [0.2, 0.25) is 0 Å². The predicted octanol–water partition coefficient (Wildman–Crippen LogP) is 1.66. The molecule has 0 saturated carbocycles. The third-order valence-electron chi connectivity index (χ3n) is 2.66. The number of rotatable bonds is 2. The van der Waals surface area contributed by atoms with Gasteiger partial charge in [-0.1, -0.05) is 23.4 Å². The maximum atomic E-state index is 12.3. The fourth-order valence-electron chi connectivity index (χ4n) is 1.80. The molecule has 0 spiro atoms. The highest BCUT2D eigenvalue weighted by Gasteiger charge is 2.17. The van der Waals surface area contributed by atoms with Gasteiger partial charge in [-0.05, 0) is 25.0 Å². The Balaban J connectivity index is 2.54. The monoisotopic (exact) mass is 215 g/mol. The summed E-state index contributed by atoms with van der Waals surface area (Å²) in [6, 6.07) is 5.82. The fraction of sp³-hybridized carbons (Fsp3) is 0.250. The average molecular weight is 215 g/mol. The molecule has 2 rings (SSSR count). The SMILES string of the molecule is Cc1cccc(C)c1C(=O)c1cnnn1C. The van der Waals surface area contributed by atoms with Crippen molar-refractivity contribution in [2.24, 2.45) is 7.05 Å². The summed E-state index contributed by atoms with van der Waals surface area (Å²) in [5, 5.41) is 7.49. The molecule has 0 aliphatic rings. The molecule has 0 N–H and O–H groups in total. The number of carbonyl (C=O) groups excluding carboxylic acids is 1. The fourth-order valence-corrected chi connectivity index (χ4v) is 1.80. The van der Waals surface area contributed by atoms with Gasteiger partial charge in [0.15, 0.2) is 0 Å². The van der Waals surface area contributed by atoms with Crippen LogP contribution in [0.4, 0.5) is 0 Å². The van der Waals surface area contributed by atoms with Crippen molar-refractivity contribution in [2.45, 2.75) is 13.8 Å². The first-order chi connectivity index (χ1) is 7.61. The van der Waals surface area contributed by atoms with Gasteiger partial charge in [0.2, 0.25) is 5.78 Å². The summed E-state index contributed by atoms with van der Waals surface area (Å²) in [6.45, 7) is 3.87. The zero-order valence-electron chi connectivity index (χ0n) is 9.56. The highest BCUT2D eigenvalue weighted by molar-refractivity contribution is 6.09. The molecule has 0 atom stereocenters. The summed E-state index contributed by atoms with van der Waals surface area (Å²) in [4.78, 5) is 12.3. The van der Waals surface area contributed by atoms with Gasteiger partial charge in [-0.2, -0.15) is 0 Å². The van der Waals surface area contributed by atoms with Crippen molar-refractivity contribution >= 4 is 5.78 Å². The molecule has 0 bridgehead atoms. The lowest BCUT2D eigenvalue weighted by atomic mass is 9.98. The predicted molar refractivity (Wildman–Crippen MR) is 60.4 cm³/mol. The molecule has 0 aliphatic carbocycles. The third kappa shape index (κ3) is 1.62. The van der Waals surface area contributed by atoms with E-state index in [0.717, 1.165) is 16.7 Å². The normalized spacial score (nSPS) is 10.4. The molecule has 1 aromatic heterocycles. The summed E-state index contributed by atoms with van der Waals surface area (Å²) in [5.41, 5.74) is 3.21. The Labute approximate surface area is 93.9 Å². The summed E-state index contributed by atoms with van der Waals surface area (Å²) in [5.74, 6) is -0.0249. The van der Waals surface area contributed by atoms with E-state index in [9.17, 15) is 4.79 Å². The topological polar surface area (TPSA) is 47.8 Å². The van der Waals surface area contributed by atoms with Crippen LogP contribution in [0.15, 0.2) is 24.4 Å². The van der Waals surface area contributed by atoms with Crippen molar-refractivity contribution < 1.29 is 4.79 Å². The number of nitrogens with zero attached hydrogens (tertiary/aromatic N) is 3. The van der Waals surface area contributed by atoms with Gasteiger partial charge in [0.05, 0.1) is 6.20 Å². The van der Waals surface area contributed by atoms with E-state index in [1.54, 1.807) is 7.05 Å². The second-order valence-corrected chi connectivity index (χ2v) is 3.84. The smallest absolute Gasteiger partial charge is 0.213 e. The van der Waals surface area contributed by atoms with Crippen molar-refractivity contribution in [1.29, 1.82) is 0 Å². The Bertz CT molecular complexity index is 523. The summed E-state index contributed by atoms with van der Waals surface area (Å²) < 4.78 is 1.49. The van der Waals surface area contributed by atoms with Gasteiger partial charge in [0, 0.05) is 12.6 Å². The minimum Gasteiger partial charge on any atom is -0.287 e. The number of hydrogen-bond acceptors (Lipinski definition) is 3. The molecule has 0 fully saturated rings. The molecule has 0 saturated heterocycles. The highest BCUT2D eigenvalue weighted by atomic mass is 16.1. The van der Waals surface area contributed by atoms with Crippen molar-refractivity contribution in [3.05, 3.63) is 46.8 Å². The Morgan fingerprint density at radius 2 is 1.88 bits per heavy atom. The zero-order chi connectivity index (χ0) is 11.7. The van der Waals surface area contributed by atoms with E-state index in [1.165, 1.54) is 10.9 Å². The summed E-state index contributed by atoms with van der Waals surface area (Å²) in [6.07, 6.45) is 1.49. The van der Waals surface area contributed by atoms with Gasteiger partial charge in [0.1, 0.15) is 5.69 Å². The van der Waals surface area contributed by atoms with Gasteiger partial charge < -0.3 is 0 Å². The van der Waals surface area contributed by atoms with Crippen LogP contribution in [0.25, 0.3) is 0 Å². The van der Waals surface area contributed by atoms with Crippen LogP contribution < -0.4 is 0 Å². The van der Waals surface area contributed by atoms with Crippen molar-refractivity contribution in [2.75, 3.05) is 0 Å². The van der Waals surface area contributed by atoms with Gasteiger partial charge >= 0.3 is 0 Å². The lowest BCUT2D eigenvalue weighted by molar-refractivity contribution is 0.102. The van der Waals surface area contributed by atoms with Crippen LogP contribution in [0.5, 0.6) is 0 Å². The lowest BCUT2D eigenvalue weighted by Crippen LogP contribution is -2.11. The number of aromatic nitrogens is 3. The van der Waals surface area contributed by atoms with E-state index in [2.05, 4.69) is 10.3 Å². The van der Waals surface area contributed by atoms with Crippen molar-refractivity contribution in [3.8, 4) is 0 Å². The largest absolute Gasteiger partial charge is 0.287 e. The molecular formula is C12H13N3O. The molecule has 0 unspecified atom stereocenters. The van der Waals surface area contributed by atoms with Crippen LogP contribution in [0.3, 0.4) is 0 Å². The Hall–Kier alpha value is -1.97. The standard InChI is InChI=1S/C12H13N3O/c1-8-5-4-6-9(2)11(8)12(16)10-7-13-14-15(10)3/h4-7H,1-3H3. The zero-order valence-corrected chi connectivity index (χ0v) is 9.56. The molecule has 1 heterocycles. The summed E-state index contributed by atoms with van der Waals surface area (Å²) in [7, 11) is 1.72. The molecule has 82 valence electrons. The van der Waals surface area contributed by atoms with E-state index in [1.807, 2.05) is 32.0 Å². The lowest BCUT2D eigenvalue weighted by Gasteiger charge is -2.07. The number of ketones is 1. The Morgan fingerprint density at radius 3 is 2.38 bits per heavy atom. The molecular weight excluding hydrogens is 202 g/mol. The van der Waals surface area contributed by atoms with Gasteiger partial charge in [0.25, 0.3) is 0 Å². The third-order valence-corrected chi connectivity index (χ3v) is 2.66. The Morgan fingerprint density at radius 1 is 1.25 bits per heavy atom. The maximum Gasteiger partial charge on any atom is 0.213 e. The molecule has 0 radical (unpaired) electrons. The molecule has 4 heteroatoms. The van der Waals surface area contributed by atoms with E-state index < -0.39 is 0 Å². The molecule has 16 heavy (non-hydrogen) atoms. The molecule has 0 aliphatic heterocycles. The van der Waals surface area contributed by atoms with Crippen LogP contribution in [-0.4, -0.2) is 20.8 Å². The second kappa shape index (κ2) is 3.89. The first-order valence-corrected chi connectivity index (χ1v) is 5.07. The molecule has 4 nitrogen and oxygen atoms in total. The number of carbonyl (C=O) groups is 1. The van der Waals surface area contributed by atoms with E-state index in [-0.39, 0.29) is 5.78 Å². The van der Waals surface area contributed by atoms with Gasteiger partial charge in [-0.15, -0.1) is 5.10 Å². The van der Waals surface area contributed by atoms with Crippen LogP contribution in [-0.2, 0) is 7.05 Å². The van der Waals surface area contributed by atoms with Crippen LogP contribution in [0.1, 0.15) is 27.2 Å². The quantitative estimate of drug-likeness (QED) is 0.716. The van der Waals surface area contributed by atoms with Crippen LogP contribution in [0, 0.1) is 13.8 Å². The van der Waals surface area contributed by atoms with Crippen LogP contribution >= 0.6 is 0 Å². The Kier molecular flexibility index (Phi) is 2.56. The second-order valence-electron chi connectivity index (χ2n) is 3.84. The minimum absolute atomic E-state index is 0.0249. The maximum absolute atomic E-state index is 12.3. The molecule has 1 aromatic carbocycles. The highest BCUT2D eigenvalue weighted by Crippen LogP contribution is 2.17. The minimum atomic E-state index is -0.0249. The number of hydrogen-bond donors (Lipinski definition) is 0. The van der Waals surface area contributed by atoms with E-state index >= 15 is 0 Å². The molecule has 2 aromatic rings. The van der Waals surface area contributed by atoms with Gasteiger partial charge in [-0.3, -0.25) is 4.79 Å². The first-order valence-electron chi connectivity index (χ1n) is 5.07. The average Bonchev–Trinajstić information content (AvgIpc) is 2.64. The van der Waals surface area contributed by atoms with Crippen molar-refractivity contribution in [3.63, 3.8) is 0 Å². The van der Waals surface area contributed by atoms with Crippen molar-refractivity contribution in [1.82, 2.24) is 15.0 Å².